The van der Waals surface area contributed by atoms with Gasteiger partial charge in [-0.3, -0.25) is 4.90 Å². The van der Waals surface area contributed by atoms with Crippen LogP contribution in [0, 0.1) is 11.3 Å². The molecule has 2 aliphatic heterocycles. The summed E-state index contributed by atoms with van der Waals surface area (Å²) in [4.78, 5) is 4.63. The van der Waals surface area contributed by atoms with Crippen LogP contribution in [0.3, 0.4) is 0 Å². The van der Waals surface area contributed by atoms with Crippen molar-refractivity contribution in [2.45, 2.75) is 12.1 Å². The summed E-state index contributed by atoms with van der Waals surface area (Å²) in [6.07, 6.45) is 0.258. The zero-order valence-corrected chi connectivity index (χ0v) is 12.4. The van der Waals surface area contributed by atoms with E-state index in [1.807, 2.05) is 18.2 Å². The molecule has 2 atom stereocenters. The minimum atomic E-state index is 0.258. The number of halogens is 1. The zero-order chi connectivity index (χ0) is 13.4. The average molecular weight is 322 g/mol. The molecule has 2 fully saturated rings. The Kier molecular flexibility index (Phi) is 3.48. The molecule has 0 saturated carbocycles. The number of nitrogens with zero attached hydrogens (tertiary/aromatic N) is 3. The number of rotatable bonds is 1. The number of likely N-dealkylation sites (N-methyl/N-ethyl adjacent to an activating group) is 1. The summed E-state index contributed by atoms with van der Waals surface area (Å²) in [5.74, 6) is 0. The number of hydrogen-bond donors (Lipinski definition) is 0. The van der Waals surface area contributed by atoms with Crippen LogP contribution < -0.4 is 4.90 Å². The average Bonchev–Trinajstić information content (AvgIpc) is 2.83. The Morgan fingerprint density at radius 3 is 3.00 bits per heavy atom. The van der Waals surface area contributed by atoms with E-state index in [9.17, 15) is 5.26 Å². The first kappa shape index (κ1) is 12.9. The molecule has 1 aromatic carbocycles. The molecule has 0 radical (unpaired) electrons. The van der Waals surface area contributed by atoms with Gasteiger partial charge in [0, 0.05) is 24.1 Å². The highest BCUT2D eigenvalue weighted by molar-refractivity contribution is 9.10. The number of anilines is 1. The molecule has 100 valence electrons. The van der Waals surface area contributed by atoms with Crippen LogP contribution in [0.5, 0.6) is 0 Å². The van der Waals surface area contributed by atoms with Gasteiger partial charge in [0.25, 0.3) is 0 Å². The molecule has 19 heavy (non-hydrogen) atoms. The summed E-state index contributed by atoms with van der Waals surface area (Å²) in [6.45, 7) is 3.58. The number of fused-ring (bicyclic) bond motifs is 1. The van der Waals surface area contributed by atoms with Crippen LogP contribution in [-0.2, 0) is 4.74 Å². The smallest absolute Gasteiger partial charge is 0.101 e. The number of ether oxygens (including phenoxy) is 1. The Morgan fingerprint density at radius 1 is 1.42 bits per heavy atom. The minimum Gasteiger partial charge on any atom is -0.373 e. The van der Waals surface area contributed by atoms with Gasteiger partial charge in [0.05, 0.1) is 30.0 Å². The minimum absolute atomic E-state index is 0.258. The van der Waals surface area contributed by atoms with Crippen LogP contribution in [0.15, 0.2) is 22.7 Å². The van der Waals surface area contributed by atoms with Gasteiger partial charge in [-0.2, -0.15) is 5.26 Å². The number of morpholine rings is 1. The second-order valence-electron chi connectivity index (χ2n) is 5.14. The van der Waals surface area contributed by atoms with E-state index in [0.717, 1.165) is 42.0 Å². The van der Waals surface area contributed by atoms with E-state index < -0.39 is 0 Å². The fraction of sp³-hybridized carbons (Fsp3) is 0.500. The van der Waals surface area contributed by atoms with Gasteiger partial charge in [0.1, 0.15) is 6.07 Å². The van der Waals surface area contributed by atoms with Crippen molar-refractivity contribution in [3.63, 3.8) is 0 Å². The molecule has 3 rings (SSSR count). The van der Waals surface area contributed by atoms with Crippen molar-refractivity contribution in [2.75, 3.05) is 38.2 Å². The molecule has 0 unspecified atom stereocenters. The quantitative estimate of drug-likeness (QED) is 0.791. The molecule has 2 aliphatic rings. The third kappa shape index (κ3) is 2.36. The number of benzene rings is 1. The second kappa shape index (κ2) is 5.12. The van der Waals surface area contributed by atoms with Gasteiger partial charge < -0.3 is 9.64 Å². The molecule has 0 spiro atoms. The van der Waals surface area contributed by atoms with Gasteiger partial charge in [-0.05, 0) is 25.2 Å². The molecule has 5 heteroatoms. The summed E-state index contributed by atoms with van der Waals surface area (Å²) < 4.78 is 6.79. The third-order valence-electron chi connectivity index (χ3n) is 4.00. The number of nitriles is 1. The van der Waals surface area contributed by atoms with Gasteiger partial charge in [0.2, 0.25) is 0 Å². The SMILES string of the molecule is CN1CCO[C@H]2CN(c3ccc(Br)cc3C#N)C[C@H]21. The molecule has 0 bridgehead atoms. The monoisotopic (exact) mass is 321 g/mol. The third-order valence-corrected chi connectivity index (χ3v) is 4.49. The Bertz CT molecular complexity index is 528. The highest BCUT2D eigenvalue weighted by Crippen LogP contribution is 2.30. The van der Waals surface area contributed by atoms with Crippen molar-refractivity contribution < 1.29 is 4.74 Å². The summed E-state index contributed by atoms with van der Waals surface area (Å²) in [5, 5.41) is 9.27. The van der Waals surface area contributed by atoms with E-state index in [-0.39, 0.29) is 6.10 Å². The normalized spacial score (nSPS) is 27.1. The van der Waals surface area contributed by atoms with Gasteiger partial charge >= 0.3 is 0 Å². The van der Waals surface area contributed by atoms with Crippen LogP contribution in [0.4, 0.5) is 5.69 Å². The largest absolute Gasteiger partial charge is 0.373 e. The number of hydrogen-bond acceptors (Lipinski definition) is 4. The lowest BCUT2D eigenvalue weighted by Crippen LogP contribution is -2.48. The summed E-state index contributed by atoms with van der Waals surface area (Å²) >= 11 is 3.41. The maximum Gasteiger partial charge on any atom is 0.101 e. The highest BCUT2D eigenvalue weighted by atomic mass is 79.9. The first-order chi connectivity index (χ1) is 9.19. The van der Waals surface area contributed by atoms with E-state index in [2.05, 4.69) is 38.8 Å². The summed E-state index contributed by atoms with van der Waals surface area (Å²) in [7, 11) is 2.15. The zero-order valence-electron chi connectivity index (χ0n) is 10.8. The Balaban J connectivity index is 1.87. The first-order valence-corrected chi connectivity index (χ1v) is 7.25. The van der Waals surface area contributed by atoms with Crippen LogP contribution in [0.25, 0.3) is 0 Å². The van der Waals surface area contributed by atoms with Crippen LogP contribution in [-0.4, -0.2) is 50.3 Å². The van der Waals surface area contributed by atoms with Crippen molar-refractivity contribution in [1.29, 1.82) is 5.26 Å². The van der Waals surface area contributed by atoms with Crippen molar-refractivity contribution in [3.8, 4) is 6.07 Å². The maximum atomic E-state index is 9.27. The highest BCUT2D eigenvalue weighted by Gasteiger charge is 2.39. The Hall–Kier alpha value is -1.09. The molecule has 0 aromatic heterocycles. The molecule has 2 heterocycles. The predicted octanol–water partition coefficient (Wildman–Crippen LogP) is 1.84. The molecule has 0 aliphatic carbocycles. The maximum absolute atomic E-state index is 9.27. The van der Waals surface area contributed by atoms with Crippen molar-refractivity contribution in [2.24, 2.45) is 0 Å². The molecule has 0 N–H and O–H groups in total. The van der Waals surface area contributed by atoms with E-state index in [1.54, 1.807) is 0 Å². The second-order valence-corrected chi connectivity index (χ2v) is 6.05. The van der Waals surface area contributed by atoms with Crippen LogP contribution in [0.2, 0.25) is 0 Å². The Morgan fingerprint density at radius 2 is 2.26 bits per heavy atom. The lowest BCUT2D eigenvalue weighted by molar-refractivity contribution is -0.0362. The van der Waals surface area contributed by atoms with E-state index >= 15 is 0 Å². The van der Waals surface area contributed by atoms with Gasteiger partial charge in [-0.25, -0.2) is 0 Å². The molecular formula is C14H16BrN3O. The van der Waals surface area contributed by atoms with Gasteiger partial charge in [-0.1, -0.05) is 15.9 Å². The Labute approximate surface area is 121 Å². The van der Waals surface area contributed by atoms with Crippen molar-refractivity contribution in [3.05, 3.63) is 28.2 Å². The first-order valence-electron chi connectivity index (χ1n) is 6.45. The molecule has 4 nitrogen and oxygen atoms in total. The van der Waals surface area contributed by atoms with E-state index in [0.29, 0.717) is 6.04 Å². The fourth-order valence-corrected chi connectivity index (χ4v) is 3.29. The topological polar surface area (TPSA) is 39.5 Å². The van der Waals surface area contributed by atoms with E-state index in [4.69, 9.17) is 4.74 Å². The van der Waals surface area contributed by atoms with Crippen molar-refractivity contribution in [1.82, 2.24) is 4.90 Å². The van der Waals surface area contributed by atoms with Crippen LogP contribution >= 0.6 is 15.9 Å². The summed E-state index contributed by atoms with van der Waals surface area (Å²) in [5.41, 5.74) is 1.73. The molecule has 0 amide bonds. The van der Waals surface area contributed by atoms with Gasteiger partial charge in [0.15, 0.2) is 0 Å². The standard InChI is InChI=1S/C14H16BrN3O/c1-17-4-5-19-14-9-18(8-13(14)17)12-3-2-11(15)6-10(12)7-16/h2-3,6,13-14H,4-5,8-9H2,1H3/t13-,14+/m1/s1. The van der Waals surface area contributed by atoms with Gasteiger partial charge in [-0.15, -0.1) is 0 Å². The molecule has 1 aromatic rings. The molecule has 2 saturated heterocycles. The van der Waals surface area contributed by atoms with Crippen molar-refractivity contribution >= 4 is 21.6 Å². The molecular weight excluding hydrogens is 306 g/mol. The lowest BCUT2D eigenvalue weighted by Gasteiger charge is -2.33. The lowest BCUT2D eigenvalue weighted by atomic mass is 10.1. The fourth-order valence-electron chi connectivity index (χ4n) is 2.93. The summed E-state index contributed by atoms with van der Waals surface area (Å²) in [6, 6.07) is 8.59. The van der Waals surface area contributed by atoms with E-state index in [1.165, 1.54) is 0 Å². The van der Waals surface area contributed by atoms with Crippen LogP contribution in [0.1, 0.15) is 5.56 Å². The predicted molar refractivity (Wildman–Crippen MR) is 77.2 cm³/mol.